The molecule has 18 heavy (non-hydrogen) atoms. The van der Waals surface area contributed by atoms with Crippen LogP contribution in [-0.2, 0) is 4.74 Å². The summed E-state index contributed by atoms with van der Waals surface area (Å²) in [5, 5.41) is 9.53. The highest BCUT2D eigenvalue weighted by Gasteiger charge is 2.14. The van der Waals surface area contributed by atoms with Crippen LogP contribution in [0.2, 0.25) is 5.02 Å². The molecule has 1 aromatic carbocycles. The number of ether oxygens (including phenoxy) is 2. The van der Waals surface area contributed by atoms with E-state index in [1.807, 2.05) is 0 Å². The second-order valence-corrected chi connectivity index (χ2v) is 4.81. The number of hydrogen-bond acceptors (Lipinski definition) is 3. The summed E-state index contributed by atoms with van der Waals surface area (Å²) in [5.41, 5.74) is 0.525. The lowest BCUT2D eigenvalue weighted by atomic mass is 10.1. The standard InChI is InChI=1S/C14H16ClNO2/c15-12-6-5-11(10-16)14(9-12)18-8-2-4-13-3-1-7-17-13/h5-6,9,13H,1-4,7-8H2. The van der Waals surface area contributed by atoms with Crippen molar-refractivity contribution in [3.05, 3.63) is 28.8 Å². The van der Waals surface area contributed by atoms with Crippen LogP contribution in [0, 0.1) is 11.3 Å². The number of nitrogens with zero attached hydrogens (tertiary/aromatic N) is 1. The molecule has 1 aromatic rings. The van der Waals surface area contributed by atoms with Gasteiger partial charge in [-0.1, -0.05) is 11.6 Å². The van der Waals surface area contributed by atoms with Crippen molar-refractivity contribution in [2.24, 2.45) is 0 Å². The molecule has 1 fully saturated rings. The molecule has 2 rings (SSSR count). The van der Waals surface area contributed by atoms with Gasteiger partial charge in [0.05, 0.1) is 18.3 Å². The van der Waals surface area contributed by atoms with Crippen molar-refractivity contribution in [2.45, 2.75) is 31.8 Å². The fourth-order valence-corrected chi connectivity index (χ4v) is 2.24. The zero-order valence-corrected chi connectivity index (χ0v) is 10.9. The molecule has 0 N–H and O–H groups in total. The van der Waals surface area contributed by atoms with E-state index in [1.54, 1.807) is 18.2 Å². The lowest BCUT2D eigenvalue weighted by molar-refractivity contribution is 0.0981. The third-order valence-electron chi connectivity index (χ3n) is 3.02. The molecule has 1 atom stereocenters. The van der Waals surface area contributed by atoms with Gasteiger partial charge in [-0.25, -0.2) is 0 Å². The fourth-order valence-electron chi connectivity index (χ4n) is 2.07. The van der Waals surface area contributed by atoms with Crippen molar-refractivity contribution >= 4 is 11.6 Å². The van der Waals surface area contributed by atoms with Crippen molar-refractivity contribution in [1.82, 2.24) is 0 Å². The first-order chi connectivity index (χ1) is 8.79. The Hall–Kier alpha value is -1.24. The van der Waals surface area contributed by atoms with Gasteiger partial charge < -0.3 is 9.47 Å². The zero-order chi connectivity index (χ0) is 12.8. The molecular formula is C14H16ClNO2. The Morgan fingerprint density at radius 1 is 1.50 bits per heavy atom. The van der Waals surface area contributed by atoms with Gasteiger partial charge in [-0.2, -0.15) is 5.26 Å². The van der Waals surface area contributed by atoms with E-state index >= 15 is 0 Å². The van der Waals surface area contributed by atoms with Crippen LogP contribution < -0.4 is 4.74 Å². The number of nitriles is 1. The van der Waals surface area contributed by atoms with Crippen LogP contribution in [0.3, 0.4) is 0 Å². The van der Waals surface area contributed by atoms with Crippen LogP contribution in [0.4, 0.5) is 0 Å². The van der Waals surface area contributed by atoms with Gasteiger partial charge in [0, 0.05) is 17.7 Å². The predicted molar refractivity (Wildman–Crippen MR) is 69.9 cm³/mol. The highest BCUT2D eigenvalue weighted by atomic mass is 35.5. The summed E-state index contributed by atoms with van der Waals surface area (Å²) in [4.78, 5) is 0. The summed E-state index contributed by atoms with van der Waals surface area (Å²) in [5.74, 6) is 0.567. The van der Waals surface area contributed by atoms with Gasteiger partial charge in [-0.3, -0.25) is 0 Å². The first-order valence-electron chi connectivity index (χ1n) is 6.23. The van der Waals surface area contributed by atoms with Crippen molar-refractivity contribution in [3.63, 3.8) is 0 Å². The van der Waals surface area contributed by atoms with E-state index in [-0.39, 0.29) is 0 Å². The van der Waals surface area contributed by atoms with Gasteiger partial charge >= 0.3 is 0 Å². The minimum absolute atomic E-state index is 0.392. The van der Waals surface area contributed by atoms with E-state index in [0.29, 0.717) is 29.0 Å². The Morgan fingerprint density at radius 3 is 3.11 bits per heavy atom. The first-order valence-corrected chi connectivity index (χ1v) is 6.61. The molecule has 1 saturated heterocycles. The molecule has 1 unspecified atom stereocenters. The zero-order valence-electron chi connectivity index (χ0n) is 10.2. The van der Waals surface area contributed by atoms with E-state index in [1.165, 1.54) is 6.42 Å². The summed E-state index contributed by atoms with van der Waals surface area (Å²) in [7, 11) is 0. The third-order valence-corrected chi connectivity index (χ3v) is 3.25. The van der Waals surface area contributed by atoms with Gasteiger partial charge in [-0.05, 0) is 37.8 Å². The van der Waals surface area contributed by atoms with Crippen LogP contribution in [0.5, 0.6) is 5.75 Å². The summed E-state index contributed by atoms with van der Waals surface area (Å²) in [6.45, 7) is 1.48. The first kappa shape index (κ1) is 13.2. The van der Waals surface area contributed by atoms with Gasteiger partial charge in [0.25, 0.3) is 0 Å². The minimum Gasteiger partial charge on any atom is -0.492 e. The smallest absolute Gasteiger partial charge is 0.138 e. The molecule has 0 saturated carbocycles. The summed E-state index contributed by atoms with van der Waals surface area (Å²) < 4.78 is 11.1. The highest BCUT2D eigenvalue weighted by molar-refractivity contribution is 6.30. The van der Waals surface area contributed by atoms with Crippen LogP contribution in [-0.4, -0.2) is 19.3 Å². The number of rotatable bonds is 5. The molecule has 0 bridgehead atoms. The molecular weight excluding hydrogens is 250 g/mol. The van der Waals surface area contributed by atoms with Crippen LogP contribution in [0.1, 0.15) is 31.2 Å². The third kappa shape index (κ3) is 3.63. The van der Waals surface area contributed by atoms with Crippen molar-refractivity contribution < 1.29 is 9.47 Å². The van der Waals surface area contributed by atoms with E-state index in [2.05, 4.69) is 6.07 Å². The van der Waals surface area contributed by atoms with Crippen LogP contribution >= 0.6 is 11.6 Å². The average Bonchev–Trinajstić information content (AvgIpc) is 2.88. The molecule has 3 nitrogen and oxygen atoms in total. The second kappa shape index (κ2) is 6.63. The summed E-state index contributed by atoms with van der Waals surface area (Å²) in [6.07, 6.45) is 4.66. The Bertz CT molecular complexity index is 436. The maximum Gasteiger partial charge on any atom is 0.138 e. The molecule has 0 aromatic heterocycles. The van der Waals surface area contributed by atoms with Gasteiger partial charge in [0.15, 0.2) is 0 Å². The lowest BCUT2D eigenvalue weighted by Crippen LogP contribution is -2.08. The number of benzene rings is 1. The average molecular weight is 266 g/mol. The minimum atomic E-state index is 0.392. The largest absolute Gasteiger partial charge is 0.492 e. The molecule has 0 amide bonds. The lowest BCUT2D eigenvalue weighted by Gasteiger charge is -2.11. The van der Waals surface area contributed by atoms with E-state index in [4.69, 9.17) is 26.3 Å². The number of halogens is 1. The molecule has 0 spiro atoms. The van der Waals surface area contributed by atoms with Crippen LogP contribution in [0.15, 0.2) is 18.2 Å². The monoisotopic (exact) mass is 265 g/mol. The molecule has 1 aliphatic rings. The summed E-state index contributed by atoms with van der Waals surface area (Å²) >= 11 is 5.88. The molecule has 0 aliphatic carbocycles. The fraction of sp³-hybridized carbons (Fsp3) is 0.500. The van der Waals surface area contributed by atoms with Gasteiger partial charge in [0.2, 0.25) is 0 Å². The maximum absolute atomic E-state index is 8.95. The second-order valence-electron chi connectivity index (χ2n) is 4.38. The highest BCUT2D eigenvalue weighted by Crippen LogP contribution is 2.23. The SMILES string of the molecule is N#Cc1ccc(Cl)cc1OCCCC1CCCO1. The Morgan fingerprint density at radius 2 is 2.39 bits per heavy atom. The molecule has 96 valence electrons. The molecule has 4 heteroatoms. The number of hydrogen-bond donors (Lipinski definition) is 0. The quantitative estimate of drug-likeness (QED) is 0.765. The predicted octanol–water partition coefficient (Wildman–Crippen LogP) is 3.55. The molecule has 1 aliphatic heterocycles. The van der Waals surface area contributed by atoms with E-state index in [9.17, 15) is 0 Å². The topological polar surface area (TPSA) is 42.2 Å². The van der Waals surface area contributed by atoms with Crippen molar-refractivity contribution in [1.29, 1.82) is 5.26 Å². The van der Waals surface area contributed by atoms with E-state index < -0.39 is 0 Å². The maximum atomic E-state index is 8.95. The molecule has 0 radical (unpaired) electrons. The summed E-state index contributed by atoms with van der Waals surface area (Å²) in [6, 6.07) is 7.16. The van der Waals surface area contributed by atoms with Crippen molar-refractivity contribution in [3.8, 4) is 11.8 Å². The Kier molecular flexibility index (Phi) is 4.86. The molecule has 1 heterocycles. The van der Waals surface area contributed by atoms with E-state index in [0.717, 1.165) is 25.9 Å². The Balaban J connectivity index is 1.79. The Labute approximate surface area is 112 Å². The van der Waals surface area contributed by atoms with Crippen LogP contribution in [0.25, 0.3) is 0 Å². The van der Waals surface area contributed by atoms with Crippen molar-refractivity contribution in [2.75, 3.05) is 13.2 Å². The van der Waals surface area contributed by atoms with Gasteiger partial charge in [0.1, 0.15) is 11.8 Å². The normalized spacial score (nSPS) is 18.6. The van der Waals surface area contributed by atoms with Gasteiger partial charge in [-0.15, -0.1) is 0 Å².